The van der Waals surface area contributed by atoms with Gasteiger partial charge >= 0.3 is 5.97 Å². The molecule has 1 heterocycles. The van der Waals surface area contributed by atoms with Crippen LogP contribution in [0.1, 0.15) is 27.2 Å². The Kier molecular flexibility index (Phi) is 3.91. The zero-order chi connectivity index (χ0) is 12.3. The van der Waals surface area contributed by atoms with Crippen molar-refractivity contribution in [2.45, 2.75) is 33.2 Å². The molecule has 0 aromatic heterocycles. The number of nitrogens with one attached hydrogen (secondary N) is 1. The molecule has 0 aliphatic carbocycles. The molecule has 1 saturated heterocycles. The lowest BCUT2D eigenvalue weighted by Gasteiger charge is -2.28. The average Bonchev–Trinajstić information content (AvgIpc) is 2.63. The fourth-order valence-corrected chi connectivity index (χ4v) is 1.65. The van der Waals surface area contributed by atoms with Gasteiger partial charge in [0.2, 0.25) is 5.91 Å². The monoisotopic (exact) mass is 229 g/mol. The number of hydrogen-bond acceptors (Lipinski definition) is 3. The van der Waals surface area contributed by atoms with Crippen LogP contribution in [0.5, 0.6) is 0 Å². The zero-order valence-electron chi connectivity index (χ0n) is 9.95. The van der Waals surface area contributed by atoms with Gasteiger partial charge in [0.25, 0.3) is 0 Å². The lowest BCUT2D eigenvalue weighted by Crippen LogP contribution is -2.50. The van der Waals surface area contributed by atoms with Gasteiger partial charge in [-0.15, -0.1) is 0 Å². The van der Waals surface area contributed by atoms with Crippen molar-refractivity contribution < 1.29 is 19.4 Å². The molecule has 2 atom stereocenters. The summed E-state index contributed by atoms with van der Waals surface area (Å²) in [5.74, 6) is -1.43. The number of hydrogen-bond donors (Lipinski definition) is 2. The second-order valence-corrected chi connectivity index (χ2v) is 5.21. The maximum Gasteiger partial charge on any atom is 0.326 e. The van der Waals surface area contributed by atoms with E-state index >= 15 is 0 Å². The third-order valence-electron chi connectivity index (χ3n) is 2.70. The smallest absolute Gasteiger partial charge is 0.326 e. The molecule has 1 amide bonds. The normalized spacial score (nSPS) is 22.8. The van der Waals surface area contributed by atoms with E-state index in [-0.39, 0.29) is 11.8 Å². The zero-order valence-corrected chi connectivity index (χ0v) is 9.95. The van der Waals surface area contributed by atoms with Crippen molar-refractivity contribution in [2.24, 2.45) is 11.3 Å². The molecule has 1 unspecified atom stereocenters. The summed E-state index contributed by atoms with van der Waals surface area (Å²) in [5.41, 5.74) is -0.499. The summed E-state index contributed by atoms with van der Waals surface area (Å²) in [6.45, 7) is 6.33. The molecule has 1 fully saturated rings. The average molecular weight is 229 g/mol. The first-order chi connectivity index (χ1) is 7.32. The first-order valence-corrected chi connectivity index (χ1v) is 5.43. The minimum absolute atomic E-state index is 0.204. The van der Waals surface area contributed by atoms with E-state index in [4.69, 9.17) is 9.84 Å². The molecule has 5 nitrogen and oxygen atoms in total. The quantitative estimate of drug-likeness (QED) is 0.744. The van der Waals surface area contributed by atoms with Crippen LogP contribution in [0.25, 0.3) is 0 Å². The van der Waals surface area contributed by atoms with Gasteiger partial charge in [0.15, 0.2) is 0 Å². The van der Waals surface area contributed by atoms with Crippen molar-refractivity contribution in [3.8, 4) is 0 Å². The molecule has 0 aromatic rings. The van der Waals surface area contributed by atoms with Crippen LogP contribution in [0.15, 0.2) is 0 Å². The molecule has 0 bridgehead atoms. The minimum atomic E-state index is -1.00. The molecule has 1 aliphatic heterocycles. The van der Waals surface area contributed by atoms with E-state index in [0.717, 1.165) is 0 Å². The molecule has 5 heteroatoms. The fraction of sp³-hybridized carbons (Fsp3) is 0.818. The molecule has 2 N–H and O–H groups in total. The van der Waals surface area contributed by atoms with Crippen LogP contribution < -0.4 is 5.32 Å². The molecule has 16 heavy (non-hydrogen) atoms. The SMILES string of the molecule is CC(C)(C)[C@@H](NC(=O)C1CCOC1)C(=O)O. The van der Waals surface area contributed by atoms with E-state index < -0.39 is 17.4 Å². The third kappa shape index (κ3) is 3.20. The number of carbonyl (C=O) groups excluding carboxylic acids is 1. The van der Waals surface area contributed by atoms with Crippen molar-refractivity contribution >= 4 is 11.9 Å². The van der Waals surface area contributed by atoms with E-state index in [2.05, 4.69) is 5.32 Å². The summed E-state index contributed by atoms with van der Waals surface area (Å²) >= 11 is 0. The Balaban J connectivity index is 2.61. The van der Waals surface area contributed by atoms with E-state index in [1.807, 2.05) is 0 Å². The highest BCUT2D eigenvalue weighted by molar-refractivity contribution is 5.85. The van der Waals surface area contributed by atoms with Crippen molar-refractivity contribution in [2.75, 3.05) is 13.2 Å². The first kappa shape index (κ1) is 13.0. The maximum absolute atomic E-state index is 11.8. The Labute approximate surface area is 95.2 Å². The molecule has 0 radical (unpaired) electrons. The van der Waals surface area contributed by atoms with E-state index in [1.54, 1.807) is 20.8 Å². The number of ether oxygens (including phenoxy) is 1. The predicted octanol–water partition coefficient (Wildman–Crippen LogP) is 0.638. The number of rotatable bonds is 3. The van der Waals surface area contributed by atoms with Crippen LogP contribution in [0.2, 0.25) is 0 Å². The van der Waals surface area contributed by atoms with Crippen molar-refractivity contribution in [1.82, 2.24) is 5.32 Å². The van der Waals surface area contributed by atoms with Crippen molar-refractivity contribution in [3.63, 3.8) is 0 Å². The van der Waals surface area contributed by atoms with Crippen LogP contribution in [-0.2, 0) is 14.3 Å². The summed E-state index contributed by atoms with van der Waals surface area (Å²) in [6.07, 6.45) is 0.669. The summed E-state index contributed by atoms with van der Waals surface area (Å²) in [6, 6.07) is -0.861. The Morgan fingerprint density at radius 1 is 1.44 bits per heavy atom. The van der Waals surface area contributed by atoms with Gasteiger partial charge in [0, 0.05) is 6.61 Å². The number of carboxylic acids is 1. The van der Waals surface area contributed by atoms with Gasteiger partial charge in [-0.2, -0.15) is 0 Å². The molecule has 0 saturated carbocycles. The Bertz CT molecular complexity index is 276. The summed E-state index contributed by atoms with van der Waals surface area (Å²) in [7, 11) is 0. The minimum Gasteiger partial charge on any atom is -0.480 e. The summed E-state index contributed by atoms with van der Waals surface area (Å²) in [4.78, 5) is 22.8. The highest BCUT2D eigenvalue weighted by atomic mass is 16.5. The Morgan fingerprint density at radius 3 is 2.44 bits per heavy atom. The van der Waals surface area contributed by atoms with Gasteiger partial charge in [-0.05, 0) is 11.8 Å². The molecular weight excluding hydrogens is 210 g/mol. The highest BCUT2D eigenvalue weighted by Gasteiger charge is 2.35. The van der Waals surface area contributed by atoms with Crippen molar-refractivity contribution in [1.29, 1.82) is 0 Å². The highest BCUT2D eigenvalue weighted by Crippen LogP contribution is 2.21. The molecule has 1 aliphatic rings. The maximum atomic E-state index is 11.8. The van der Waals surface area contributed by atoms with Crippen molar-refractivity contribution in [3.05, 3.63) is 0 Å². The van der Waals surface area contributed by atoms with Gasteiger partial charge in [-0.1, -0.05) is 20.8 Å². The van der Waals surface area contributed by atoms with Gasteiger partial charge < -0.3 is 15.2 Å². The van der Waals surface area contributed by atoms with Gasteiger partial charge in [-0.25, -0.2) is 4.79 Å². The first-order valence-electron chi connectivity index (χ1n) is 5.43. The number of carbonyl (C=O) groups is 2. The fourth-order valence-electron chi connectivity index (χ4n) is 1.65. The van der Waals surface area contributed by atoms with Crippen LogP contribution in [-0.4, -0.2) is 36.2 Å². The topological polar surface area (TPSA) is 75.6 Å². The lowest BCUT2D eigenvalue weighted by atomic mass is 9.86. The number of aliphatic carboxylic acids is 1. The Hall–Kier alpha value is -1.10. The Morgan fingerprint density at radius 2 is 2.06 bits per heavy atom. The van der Waals surface area contributed by atoms with Crippen LogP contribution in [0.3, 0.4) is 0 Å². The standard InChI is InChI=1S/C11H19NO4/c1-11(2,3)8(10(14)15)12-9(13)7-4-5-16-6-7/h7-8H,4-6H2,1-3H3,(H,12,13)(H,14,15)/t7?,8-/m0/s1. The second kappa shape index (κ2) is 4.82. The number of amides is 1. The summed E-state index contributed by atoms with van der Waals surface area (Å²) < 4.78 is 5.10. The molecule has 1 rings (SSSR count). The number of carboxylic acid groups (broad SMARTS) is 1. The predicted molar refractivity (Wildman–Crippen MR) is 57.9 cm³/mol. The van der Waals surface area contributed by atoms with Crippen LogP contribution in [0.4, 0.5) is 0 Å². The lowest BCUT2D eigenvalue weighted by molar-refractivity contribution is -0.145. The van der Waals surface area contributed by atoms with Gasteiger partial charge in [-0.3, -0.25) is 4.79 Å². The van der Waals surface area contributed by atoms with Crippen LogP contribution >= 0.6 is 0 Å². The van der Waals surface area contributed by atoms with E-state index in [1.165, 1.54) is 0 Å². The third-order valence-corrected chi connectivity index (χ3v) is 2.70. The summed E-state index contributed by atoms with van der Waals surface area (Å²) in [5, 5.41) is 11.6. The molecular formula is C11H19NO4. The van der Waals surface area contributed by atoms with E-state index in [9.17, 15) is 9.59 Å². The largest absolute Gasteiger partial charge is 0.480 e. The molecule has 0 spiro atoms. The van der Waals surface area contributed by atoms with Crippen LogP contribution in [0, 0.1) is 11.3 Å². The van der Waals surface area contributed by atoms with Gasteiger partial charge in [0.05, 0.1) is 12.5 Å². The second-order valence-electron chi connectivity index (χ2n) is 5.21. The van der Waals surface area contributed by atoms with E-state index in [0.29, 0.717) is 19.6 Å². The molecule has 0 aromatic carbocycles. The molecule has 92 valence electrons. The van der Waals surface area contributed by atoms with Gasteiger partial charge in [0.1, 0.15) is 6.04 Å².